The summed E-state index contributed by atoms with van der Waals surface area (Å²) in [6.07, 6.45) is 7.95. The lowest BCUT2D eigenvalue weighted by molar-refractivity contribution is -0.131. The standard InChI is InChI=1S/C16H21N5OS/c1-20-15(18-19-16(20)23-2)13-6-4-8-21(11-13)14(22)9-12-5-3-7-17-10-12/h3,5,7,10,13H,4,6,8-9,11H2,1-2H3/t13-/m1/s1. The number of likely N-dealkylation sites (tertiary alicyclic amines) is 1. The SMILES string of the molecule is CSc1nnc([C@@H]2CCCN(C(=O)Cc3cccnc3)C2)n1C. The molecule has 3 heterocycles. The second-order valence-corrected chi connectivity index (χ2v) is 6.59. The summed E-state index contributed by atoms with van der Waals surface area (Å²) < 4.78 is 2.05. The van der Waals surface area contributed by atoms with Crippen LogP contribution >= 0.6 is 11.8 Å². The summed E-state index contributed by atoms with van der Waals surface area (Å²) in [6.45, 7) is 1.54. The van der Waals surface area contributed by atoms with E-state index < -0.39 is 0 Å². The molecule has 1 fully saturated rings. The quantitative estimate of drug-likeness (QED) is 0.801. The lowest BCUT2D eigenvalue weighted by Crippen LogP contribution is -2.40. The fourth-order valence-electron chi connectivity index (χ4n) is 3.06. The zero-order chi connectivity index (χ0) is 16.2. The van der Waals surface area contributed by atoms with Gasteiger partial charge in [-0.1, -0.05) is 17.8 Å². The normalized spacial score (nSPS) is 18.2. The first kappa shape index (κ1) is 16.0. The molecule has 0 aromatic carbocycles. The van der Waals surface area contributed by atoms with Crippen molar-refractivity contribution in [2.45, 2.75) is 30.3 Å². The highest BCUT2D eigenvalue weighted by molar-refractivity contribution is 7.98. The Balaban J connectivity index is 1.68. The van der Waals surface area contributed by atoms with Gasteiger partial charge in [0.25, 0.3) is 0 Å². The molecule has 2 aromatic heterocycles. The van der Waals surface area contributed by atoms with Crippen LogP contribution < -0.4 is 0 Å². The Morgan fingerprint density at radius 1 is 1.43 bits per heavy atom. The van der Waals surface area contributed by atoms with Gasteiger partial charge in [-0.2, -0.15) is 0 Å². The number of amides is 1. The number of aromatic nitrogens is 4. The summed E-state index contributed by atoms with van der Waals surface area (Å²) in [6, 6.07) is 3.81. The van der Waals surface area contributed by atoms with Crippen LogP contribution in [0, 0.1) is 0 Å². The predicted molar refractivity (Wildman–Crippen MR) is 89.3 cm³/mol. The van der Waals surface area contributed by atoms with Gasteiger partial charge in [0.1, 0.15) is 5.82 Å². The maximum absolute atomic E-state index is 12.5. The van der Waals surface area contributed by atoms with E-state index in [0.717, 1.165) is 42.5 Å². The highest BCUT2D eigenvalue weighted by atomic mass is 32.2. The highest BCUT2D eigenvalue weighted by Gasteiger charge is 2.28. The van der Waals surface area contributed by atoms with Crippen LogP contribution in [0.2, 0.25) is 0 Å². The van der Waals surface area contributed by atoms with Crippen molar-refractivity contribution in [3.05, 3.63) is 35.9 Å². The molecule has 0 unspecified atom stereocenters. The highest BCUT2D eigenvalue weighted by Crippen LogP contribution is 2.27. The lowest BCUT2D eigenvalue weighted by Gasteiger charge is -2.32. The number of thioether (sulfide) groups is 1. The van der Waals surface area contributed by atoms with E-state index in [1.54, 1.807) is 24.2 Å². The first-order valence-corrected chi connectivity index (χ1v) is 9.01. The summed E-state index contributed by atoms with van der Waals surface area (Å²) in [5, 5.41) is 9.46. The second-order valence-electron chi connectivity index (χ2n) is 5.82. The Morgan fingerprint density at radius 3 is 3.00 bits per heavy atom. The summed E-state index contributed by atoms with van der Waals surface area (Å²) in [4.78, 5) is 18.6. The number of nitrogens with zero attached hydrogens (tertiary/aromatic N) is 5. The van der Waals surface area contributed by atoms with Gasteiger partial charge in [-0.05, 0) is 30.7 Å². The van der Waals surface area contributed by atoms with Gasteiger partial charge < -0.3 is 9.47 Å². The van der Waals surface area contributed by atoms with E-state index in [4.69, 9.17) is 0 Å². The average molecular weight is 331 g/mol. The van der Waals surface area contributed by atoms with Crippen molar-refractivity contribution in [2.75, 3.05) is 19.3 Å². The van der Waals surface area contributed by atoms with Crippen LogP contribution in [0.1, 0.15) is 30.1 Å². The molecule has 0 N–H and O–H groups in total. The molecule has 1 atom stereocenters. The Bertz CT molecular complexity index is 672. The van der Waals surface area contributed by atoms with Crippen molar-refractivity contribution < 1.29 is 4.79 Å². The maximum Gasteiger partial charge on any atom is 0.227 e. The van der Waals surface area contributed by atoms with Gasteiger partial charge in [-0.3, -0.25) is 9.78 Å². The minimum absolute atomic E-state index is 0.162. The summed E-state index contributed by atoms with van der Waals surface area (Å²) in [5.41, 5.74) is 0.961. The molecule has 6 nitrogen and oxygen atoms in total. The Kier molecular flexibility index (Phi) is 4.95. The second kappa shape index (κ2) is 7.12. The van der Waals surface area contributed by atoms with Crippen LogP contribution in [0.15, 0.2) is 29.7 Å². The van der Waals surface area contributed by atoms with E-state index in [-0.39, 0.29) is 11.8 Å². The molecule has 0 bridgehead atoms. The molecule has 3 rings (SSSR count). The summed E-state index contributed by atoms with van der Waals surface area (Å²) in [7, 11) is 2.00. The van der Waals surface area contributed by atoms with Gasteiger partial charge in [0.05, 0.1) is 6.42 Å². The van der Waals surface area contributed by atoms with Crippen molar-refractivity contribution >= 4 is 17.7 Å². The Hall–Kier alpha value is -1.89. The van der Waals surface area contributed by atoms with E-state index in [0.29, 0.717) is 6.42 Å². The predicted octanol–water partition coefficient (Wildman–Crippen LogP) is 1.88. The third kappa shape index (κ3) is 3.55. The molecule has 0 aliphatic carbocycles. The van der Waals surface area contributed by atoms with Gasteiger partial charge in [0.2, 0.25) is 5.91 Å². The fraction of sp³-hybridized carbons (Fsp3) is 0.500. The Morgan fingerprint density at radius 2 is 2.30 bits per heavy atom. The molecule has 7 heteroatoms. The molecule has 122 valence electrons. The van der Waals surface area contributed by atoms with Crippen LogP contribution in [0.25, 0.3) is 0 Å². The van der Waals surface area contributed by atoms with Gasteiger partial charge in [0.15, 0.2) is 5.16 Å². The first-order valence-electron chi connectivity index (χ1n) is 7.79. The lowest BCUT2D eigenvalue weighted by atomic mass is 9.96. The molecule has 1 amide bonds. The monoisotopic (exact) mass is 331 g/mol. The van der Waals surface area contributed by atoms with E-state index in [2.05, 4.69) is 15.2 Å². The van der Waals surface area contributed by atoms with E-state index in [1.165, 1.54) is 0 Å². The zero-order valence-electron chi connectivity index (χ0n) is 13.5. The number of rotatable bonds is 4. The largest absolute Gasteiger partial charge is 0.342 e. The van der Waals surface area contributed by atoms with Crippen molar-refractivity contribution in [1.29, 1.82) is 0 Å². The Labute approximate surface area is 140 Å². The van der Waals surface area contributed by atoms with Crippen LogP contribution in [-0.4, -0.2) is 49.9 Å². The molecule has 2 aromatic rings. The summed E-state index contributed by atoms with van der Waals surface area (Å²) >= 11 is 1.59. The van der Waals surface area contributed by atoms with Gasteiger partial charge in [-0.15, -0.1) is 10.2 Å². The average Bonchev–Trinajstić information content (AvgIpc) is 2.96. The number of hydrogen-bond donors (Lipinski definition) is 0. The zero-order valence-corrected chi connectivity index (χ0v) is 14.3. The van der Waals surface area contributed by atoms with E-state index in [1.807, 2.05) is 34.9 Å². The van der Waals surface area contributed by atoms with Crippen LogP contribution in [0.3, 0.4) is 0 Å². The first-order chi connectivity index (χ1) is 11.2. The molecule has 23 heavy (non-hydrogen) atoms. The molecule has 0 radical (unpaired) electrons. The molecule has 1 saturated heterocycles. The molecule has 1 aliphatic heterocycles. The number of pyridine rings is 1. The molecule has 0 spiro atoms. The van der Waals surface area contributed by atoms with Crippen molar-refractivity contribution in [2.24, 2.45) is 7.05 Å². The van der Waals surface area contributed by atoms with Gasteiger partial charge in [0, 0.05) is 38.4 Å². The third-order valence-corrected chi connectivity index (χ3v) is 4.99. The van der Waals surface area contributed by atoms with Crippen molar-refractivity contribution in [1.82, 2.24) is 24.6 Å². The minimum atomic E-state index is 0.162. The molecular weight excluding hydrogens is 310 g/mol. The molecular formula is C16H21N5OS. The fourth-order valence-corrected chi connectivity index (χ4v) is 3.55. The maximum atomic E-state index is 12.5. The number of carbonyl (C=O) groups excluding carboxylic acids is 1. The number of piperidine rings is 1. The van der Waals surface area contributed by atoms with Crippen LogP contribution in [-0.2, 0) is 18.3 Å². The van der Waals surface area contributed by atoms with Crippen LogP contribution in [0.5, 0.6) is 0 Å². The van der Waals surface area contributed by atoms with Gasteiger partial charge >= 0.3 is 0 Å². The van der Waals surface area contributed by atoms with Gasteiger partial charge in [-0.25, -0.2) is 0 Å². The van der Waals surface area contributed by atoms with E-state index in [9.17, 15) is 4.79 Å². The molecule has 0 saturated carbocycles. The van der Waals surface area contributed by atoms with Crippen molar-refractivity contribution in [3.8, 4) is 0 Å². The van der Waals surface area contributed by atoms with E-state index >= 15 is 0 Å². The number of hydrogen-bond acceptors (Lipinski definition) is 5. The third-order valence-electron chi connectivity index (χ3n) is 4.27. The minimum Gasteiger partial charge on any atom is -0.342 e. The smallest absolute Gasteiger partial charge is 0.227 e. The topological polar surface area (TPSA) is 63.9 Å². The van der Waals surface area contributed by atoms with Crippen molar-refractivity contribution in [3.63, 3.8) is 0 Å². The molecule has 1 aliphatic rings. The number of carbonyl (C=O) groups is 1. The van der Waals surface area contributed by atoms with Crippen LogP contribution in [0.4, 0.5) is 0 Å². The summed E-state index contributed by atoms with van der Waals surface area (Å²) in [5.74, 6) is 1.41.